The van der Waals surface area contributed by atoms with Gasteiger partial charge in [-0.15, -0.1) is 0 Å². The first-order chi connectivity index (χ1) is 17.7. The van der Waals surface area contributed by atoms with Crippen LogP contribution in [-0.2, 0) is 9.53 Å². The summed E-state index contributed by atoms with van der Waals surface area (Å²) in [5, 5.41) is 21.8. The normalized spacial score (nSPS) is 23.4. The number of imidazole rings is 1. The van der Waals surface area contributed by atoms with Gasteiger partial charge in [0.05, 0.1) is 7.11 Å². The third kappa shape index (κ3) is 4.21. The van der Waals surface area contributed by atoms with E-state index in [1.54, 1.807) is 0 Å². The molecule has 0 radical (unpaired) electrons. The van der Waals surface area contributed by atoms with Crippen molar-refractivity contribution in [3.05, 3.63) is 58.1 Å². The van der Waals surface area contributed by atoms with Gasteiger partial charge in [0.25, 0.3) is 17.7 Å². The standard InChI is InChI=1S/C23H21F5N4O6/c1-9-14(11-4-5-12(24)15(25)16(11)37-3)17(38-22(9,2)23(26,27)28)18(33)30-10-6-7-29-13(8-10)32-20(35)19(34)31-21(32)36/h4-9,14,17,34-35H,1-3H3,(H,31,36)(H,29,30,33)/t9-,14-,17+,22+/m0/s1. The number of H-pyrrole nitrogens is 1. The molecule has 0 spiro atoms. The molecule has 2 aromatic heterocycles. The van der Waals surface area contributed by atoms with Crippen LogP contribution < -0.4 is 15.7 Å². The van der Waals surface area contributed by atoms with E-state index >= 15 is 0 Å². The third-order valence-corrected chi connectivity index (χ3v) is 6.66. The number of anilines is 1. The number of nitrogens with zero attached hydrogens (tertiary/aromatic N) is 2. The summed E-state index contributed by atoms with van der Waals surface area (Å²) in [6.07, 6.45) is -5.67. The van der Waals surface area contributed by atoms with E-state index in [4.69, 9.17) is 9.47 Å². The summed E-state index contributed by atoms with van der Waals surface area (Å²) >= 11 is 0. The molecule has 1 saturated heterocycles. The molecule has 38 heavy (non-hydrogen) atoms. The zero-order valence-electron chi connectivity index (χ0n) is 19.9. The second kappa shape index (κ2) is 9.31. The Morgan fingerprint density at radius 1 is 1.26 bits per heavy atom. The number of alkyl halides is 3. The fraction of sp³-hybridized carbons (Fsp3) is 0.348. The van der Waals surface area contributed by atoms with Gasteiger partial charge in [0.1, 0.15) is 11.9 Å². The second-order valence-corrected chi connectivity index (χ2v) is 8.77. The summed E-state index contributed by atoms with van der Waals surface area (Å²) in [6, 6.07) is 4.08. The zero-order chi connectivity index (χ0) is 28.2. The van der Waals surface area contributed by atoms with Gasteiger partial charge in [0.15, 0.2) is 17.2 Å². The minimum absolute atomic E-state index is 0.0696. The summed E-state index contributed by atoms with van der Waals surface area (Å²) in [7, 11) is 1.01. The molecule has 4 N–H and O–H groups in total. The molecule has 0 saturated carbocycles. The van der Waals surface area contributed by atoms with Crippen molar-refractivity contribution in [2.75, 3.05) is 12.4 Å². The van der Waals surface area contributed by atoms with Gasteiger partial charge < -0.3 is 25.0 Å². The number of hydrogen-bond acceptors (Lipinski definition) is 7. The van der Waals surface area contributed by atoms with Crippen LogP contribution in [0.4, 0.5) is 27.6 Å². The van der Waals surface area contributed by atoms with Crippen LogP contribution in [0.5, 0.6) is 17.5 Å². The molecule has 1 amide bonds. The summed E-state index contributed by atoms with van der Waals surface area (Å²) in [6.45, 7) is 1.92. The molecule has 3 heterocycles. The van der Waals surface area contributed by atoms with Gasteiger partial charge in [-0.1, -0.05) is 13.0 Å². The molecule has 1 aromatic carbocycles. The lowest BCUT2D eigenvalue weighted by atomic mass is 9.77. The number of carbonyl (C=O) groups excluding carboxylic acids is 1. The Bertz CT molecular complexity index is 1460. The van der Waals surface area contributed by atoms with Crippen molar-refractivity contribution >= 4 is 11.6 Å². The number of rotatable bonds is 5. The number of aromatic nitrogens is 3. The van der Waals surface area contributed by atoms with Crippen LogP contribution in [0, 0.1) is 17.6 Å². The molecule has 204 valence electrons. The highest BCUT2D eigenvalue weighted by Crippen LogP contribution is 2.55. The molecule has 0 aliphatic carbocycles. The lowest BCUT2D eigenvalue weighted by molar-refractivity contribution is -0.272. The number of halogens is 5. The van der Waals surface area contributed by atoms with E-state index in [1.165, 1.54) is 13.0 Å². The van der Waals surface area contributed by atoms with Crippen LogP contribution in [0.1, 0.15) is 25.3 Å². The van der Waals surface area contributed by atoms with Crippen molar-refractivity contribution in [2.24, 2.45) is 5.92 Å². The lowest BCUT2D eigenvalue weighted by Gasteiger charge is -2.32. The van der Waals surface area contributed by atoms with E-state index in [0.717, 1.165) is 32.4 Å². The summed E-state index contributed by atoms with van der Waals surface area (Å²) in [4.78, 5) is 31.1. The average molecular weight is 544 g/mol. The van der Waals surface area contributed by atoms with Crippen LogP contribution in [0.25, 0.3) is 5.82 Å². The average Bonchev–Trinajstić information content (AvgIpc) is 3.27. The van der Waals surface area contributed by atoms with Crippen molar-refractivity contribution in [3.8, 4) is 23.3 Å². The number of aromatic hydroxyl groups is 2. The fourth-order valence-electron chi connectivity index (χ4n) is 4.50. The first kappa shape index (κ1) is 26.9. The zero-order valence-corrected chi connectivity index (χ0v) is 19.9. The van der Waals surface area contributed by atoms with Crippen molar-refractivity contribution in [2.45, 2.75) is 37.6 Å². The van der Waals surface area contributed by atoms with Gasteiger partial charge in [-0.3, -0.25) is 9.78 Å². The number of carbonyl (C=O) groups is 1. The van der Waals surface area contributed by atoms with Crippen molar-refractivity contribution in [1.29, 1.82) is 0 Å². The van der Waals surface area contributed by atoms with E-state index in [1.807, 2.05) is 4.98 Å². The Morgan fingerprint density at radius 3 is 2.53 bits per heavy atom. The minimum atomic E-state index is -4.94. The van der Waals surface area contributed by atoms with Crippen molar-refractivity contribution in [3.63, 3.8) is 0 Å². The Labute approximate surface area is 210 Å². The summed E-state index contributed by atoms with van der Waals surface area (Å²) < 4.78 is 81.4. The number of hydrogen-bond donors (Lipinski definition) is 4. The number of benzene rings is 1. The van der Waals surface area contributed by atoms with Crippen LogP contribution >= 0.6 is 0 Å². The number of pyridine rings is 1. The highest BCUT2D eigenvalue weighted by molar-refractivity contribution is 5.95. The molecular formula is C23H21F5N4O6. The number of amides is 1. The molecule has 10 nitrogen and oxygen atoms in total. The highest BCUT2D eigenvalue weighted by Gasteiger charge is 2.65. The van der Waals surface area contributed by atoms with Crippen LogP contribution in [0.2, 0.25) is 0 Å². The minimum Gasteiger partial charge on any atom is -0.493 e. The van der Waals surface area contributed by atoms with E-state index in [2.05, 4.69) is 10.3 Å². The Kier molecular flexibility index (Phi) is 6.59. The molecule has 1 aliphatic rings. The van der Waals surface area contributed by atoms with Gasteiger partial charge in [-0.25, -0.2) is 18.7 Å². The van der Waals surface area contributed by atoms with Crippen molar-refractivity contribution < 1.29 is 46.4 Å². The predicted molar refractivity (Wildman–Crippen MR) is 120 cm³/mol. The summed E-state index contributed by atoms with van der Waals surface area (Å²) in [5.74, 6) is -9.31. The van der Waals surface area contributed by atoms with Gasteiger partial charge in [-0.2, -0.15) is 17.6 Å². The quantitative estimate of drug-likeness (QED) is 0.362. The molecule has 0 bridgehead atoms. The first-order valence-electron chi connectivity index (χ1n) is 11.0. The number of aromatic amines is 1. The lowest BCUT2D eigenvalue weighted by Crippen LogP contribution is -2.47. The number of ether oxygens (including phenoxy) is 2. The van der Waals surface area contributed by atoms with E-state index in [-0.39, 0.29) is 17.1 Å². The Hall–Kier alpha value is -4.14. The molecule has 4 rings (SSSR count). The Morgan fingerprint density at radius 2 is 1.95 bits per heavy atom. The molecule has 0 unspecified atom stereocenters. The topological polar surface area (TPSA) is 139 Å². The van der Waals surface area contributed by atoms with E-state index in [9.17, 15) is 41.8 Å². The van der Waals surface area contributed by atoms with E-state index < -0.39 is 70.5 Å². The van der Waals surface area contributed by atoms with Crippen molar-refractivity contribution in [1.82, 2.24) is 14.5 Å². The largest absolute Gasteiger partial charge is 0.493 e. The molecule has 4 atom stereocenters. The molecule has 1 aliphatic heterocycles. The molecule has 3 aromatic rings. The van der Waals surface area contributed by atoms with Gasteiger partial charge >= 0.3 is 11.9 Å². The molecule has 1 fully saturated rings. The highest BCUT2D eigenvalue weighted by atomic mass is 19.4. The number of nitrogens with one attached hydrogen (secondary N) is 2. The SMILES string of the molecule is COc1c([C@H]2[C@H](C(=O)Nc3ccnc(-n4c(O)c(O)[nH]c4=O)c3)O[C@@](C)(C(F)(F)F)[C@H]2C)ccc(F)c1F. The first-order valence-corrected chi connectivity index (χ1v) is 11.0. The number of methoxy groups -OCH3 is 1. The fourth-order valence-corrected chi connectivity index (χ4v) is 4.50. The molecule has 15 heteroatoms. The monoisotopic (exact) mass is 544 g/mol. The van der Waals surface area contributed by atoms with Crippen LogP contribution in [0.3, 0.4) is 0 Å². The second-order valence-electron chi connectivity index (χ2n) is 8.77. The maximum Gasteiger partial charge on any atom is 0.417 e. The summed E-state index contributed by atoms with van der Waals surface area (Å²) in [5.41, 5.74) is -4.09. The van der Waals surface area contributed by atoms with E-state index in [0.29, 0.717) is 10.6 Å². The Balaban J connectivity index is 1.75. The van der Waals surface area contributed by atoms with Gasteiger partial charge in [0, 0.05) is 35.3 Å². The smallest absolute Gasteiger partial charge is 0.417 e. The maximum atomic E-state index is 14.5. The van der Waals surface area contributed by atoms with Gasteiger partial charge in [-0.05, 0) is 19.1 Å². The van der Waals surface area contributed by atoms with Crippen LogP contribution in [0.15, 0.2) is 35.3 Å². The molecular weight excluding hydrogens is 523 g/mol. The maximum absolute atomic E-state index is 14.5. The predicted octanol–water partition coefficient (Wildman–Crippen LogP) is 3.34. The van der Waals surface area contributed by atoms with Crippen LogP contribution in [-0.4, -0.2) is 55.6 Å². The van der Waals surface area contributed by atoms with Gasteiger partial charge in [0.2, 0.25) is 5.82 Å². The third-order valence-electron chi connectivity index (χ3n) is 6.66.